The van der Waals surface area contributed by atoms with E-state index in [1.165, 1.54) is 46.1 Å². The number of carbonyl (C=O) groups is 4. The van der Waals surface area contributed by atoms with Gasteiger partial charge in [-0.2, -0.15) is 37.2 Å². The van der Waals surface area contributed by atoms with Crippen LogP contribution in [0.3, 0.4) is 0 Å². The fourth-order valence-corrected chi connectivity index (χ4v) is 8.28. The van der Waals surface area contributed by atoms with Crippen molar-refractivity contribution in [2.75, 3.05) is 50.9 Å². The summed E-state index contributed by atoms with van der Waals surface area (Å²) in [4.78, 5) is 58.6. The number of primary amides is 2. The molecule has 2 saturated heterocycles. The summed E-state index contributed by atoms with van der Waals surface area (Å²) in [6.07, 6.45) is 12.1. The minimum atomic E-state index is -1.12. The van der Waals surface area contributed by atoms with Crippen LogP contribution in [0.4, 0.5) is 29.2 Å². The molecule has 0 radical (unpaired) electrons. The molecule has 18 nitrogen and oxygen atoms in total. The normalized spacial score (nSPS) is 14.7. The minimum absolute atomic E-state index is 0. The van der Waals surface area contributed by atoms with E-state index in [0.717, 1.165) is 6.42 Å². The number of likely N-dealkylation sites (tertiary alicyclic amines) is 2. The van der Waals surface area contributed by atoms with Crippen molar-refractivity contribution in [2.45, 2.75) is 24.9 Å². The third kappa shape index (κ3) is 10.8. The molecule has 0 saturated carbocycles. The maximum atomic E-state index is 14.6. The van der Waals surface area contributed by atoms with Crippen molar-refractivity contribution < 1.29 is 36.7 Å². The van der Waals surface area contributed by atoms with Crippen LogP contribution in [0.1, 0.15) is 62.6 Å². The quantitative estimate of drug-likeness (QED) is 0.0560. The van der Waals surface area contributed by atoms with Gasteiger partial charge in [-0.05, 0) is 71.6 Å². The molecule has 2 aliphatic rings. The zero-order valence-electron chi connectivity index (χ0n) is 37.5. The Labute approximate surface area is 420 Å². The molecular formula is C44H47F4IN14O4S2. The van der Waals surface area contributed by atoms with Crippen molar-refractivity contribution in [3.05, 3.63) is 105 Å². The van der Waals surface area contributed by atoms with Crippen LogP contribution >= 0.6 is 49.6 Å². The molecule has 0 bridgehead atoms. The number of aryl methyl sites for hydroxylation is 2. The maximum Gasteiger partial charge on any atom is 0.255 e. The van der Waals surface area contributed by atoms with Crippen LogP contribution in [-0.4, -0.2) is 112 Å². The third-order valence-electron chi connectivity index (χ3n) is 11.0. The second kappa shape index (κ2) is 22.9. The first-order valence-corrected chi connectivity index (χ1v) is 21.2. The Balaban J connectivity index is 0.000000246. The smallest absolute Gasteiger partial charge is 0.255 e. The lowest BCUT2D eigenvalue weighted by Crippen LogP contribution is -2.27. The molecule has 2 aliphatic heterocycles. The van der Waals surface area contributed by atoms with Gasteiger partial charge in [0, 0.05) is 54.4 Å². The number of hydrogen-bond acceptors (Lipinski definition) is 10. The molecule has 6 N–H and O–H groups in total. The number of anilines is 2. The van der Waals surface area contributed by atoms with Gasteiger partial charge in [0.15, 0.2) is 29.0 Å². The van der Waals surface area contributed by atoms with Crippen LogP contribution < -0.4 is 22.1 Å². The number of benzene rings is 2. The maximum absolute atomic E-state index is 14.6. The minimum Gasteiger partial charge on any atom is -0.373 e. The summed E-state index contributed by atoms with van der Waals surface area (Å²) in [5.74, 6) is 2.83. The standard InChI is InChI=1S/C22H21F2N7O2.C14H17N5O2.C8H5F2IN2.2H2S/c1-4-16(32)30-8-7-13(10-30)31-22(26-2)17(21(25)33)14(28-31)6-5-12-9-15-20(19(24)18(12)23)29(3)11-27-15;1-4-10-12(13(15)21)14(16-3)19(17-10)9-6-7-18(8-9)11(20)5-2;1-13-3-12-5-2-4(11)6(9)7(10)8(5)13;;/h4,9,11,13,26H,1,7-8,10H2,2-3H3,(H2,25,33);1,5,9,16H,2,6-8H2,3H3,(H2,15,21);2-3H,1H3;2*1H2/t13-;9-;;;/m00.../s1. The third-order valence-corrected chi connectivity index (χ3v) is 11.7. The average Bonchev–Trinajstić information content (AvgIpc) is 4.18. The van der Waals surface area contributed by atoms with E-state index in [-0.39, 0.29) is 99.1 Å². The topological polar surface area (TPSA) is 222 Å². The van der Waals surface area contributed by atoms with Gasteiger partial charge in [-0.1, -0.05) is 19.1 Å². The number of hydrogen-bond donors (Lipinski definition) is 4. The first-order valence-electron chi connectivity index (χ1n) is 20.2. The summed E-state index contributed by atoms with van der Waals surface area (Å²) >= 11 is 1.74. The van der Waals surface area contributed by atoms with Gasteiger partial charge in [-0.25, -0.2) is 36.9 Å². The molecule has 69 heavy (non-hydrogen) atoms. The number of terminal acetylenes is 1. The zero-order chi connectivity index (χ0) is 49.0. The molecule has 2 aromatic carbocycles. The van der Waals surface area contributed by atoms with Gasteiger partial charge < -0.3 is 41.0 Å². The number of nitrogens with two attached hydrogens (primary N) is 2. The largest absolute Gasteiger partial charge is 0.373 e. The molecule has 4 aromatic heterocycles. The number of rotatable bonds is 8. The van der Waals surface area contributed by atoms with Crippen LogP contribution in [0.25, 0.3) is 22.1 Å². The highest BCUT2D eigenvalue weighted by Gasteiger charge is 2.33. The van der Waals surface area contributed by atoms with Crippen LogP contribution in [0.2, 0.25) is 0 Å². The molecule has 6 aromatic rings. The molecule has 0 unspecified atom stereocenters. The van der Waals surface area contributed by atoms with Crippen LogP contribution in [0.15, 0.2) is 50.1 Å². The number of fused-ring (bicyclic) bond motifs is 2. The Morgan fingerprint density at radius 3 is 1.61 bits per heavy atom. The summed E-state index contributed by atoms with van der Waals surface area (Å²) in [5, 5.41) is 14.5. The highest BCUT2D eigenvalue weighted by molar-refractivity contribution is 14.1. The number of carbonyl (C=O) groups excluding carboxylic acids is 4. The number of imidazole rings is 2. The molecule has 8 rings (SSSR count). The van der Waals surface area contributed by atoms with Crippen molar-refractivity contribution in [3.63, 3.8) is 0 Å². The summed E-state index contributed by atoms with van der Waals surface area (Å²) < 4.78 is 61.8. The lowest BCUT2D eigenvalue weighted by Gasteiger charge is -2.16. The molecule has 2 atom stereocenters. The molecule has 4 amide bonds. The van der Waals surface area contributed by atoms with Crippen molar-refractivity contribution in [3.8, 4) is 24.2 Å². The van der Waals surface area contributed by atoms with E-state index in [1.807, 2.05) is 0 Å². The first kappa shape index (κ1) is 54.6. The molecule has 2 fully saturated rings. The molecule has 6 heterocycles. The summed E-state index contributed by atoms with van der Waals surface area (Å²) in [5.41, 5.74) is 12.1. The zero-order valence-corrected chi connectivity index (χ0v) is 41.7. The number of amides is 4. The van der Waals surface area contributed by atoms with E-state index < -0.39 is 35.1 Å². The molecular weight excluding hydrogens is 1060 g/mol. The molecule has 0 aliphatic carbocycles. The predicted octanol–water partition coefficient (Wildman–Crippen LogP) is 4.19. The predicted molar refractivity (Wildman–Crippen MR) is 270 cm³/mol. The lowest BCUT2D eigenvalue weighted by atomic mass is 10.1. The summed E-state index contributed by atoms with van der Waals surface area (Å²) in [6, 6.07) is 2.56. The van der Waals surface area contributed by atoms with Crippen LogP contribution in [-0.2, 0) is 23.7 Å². The van der Waals surface area contributed by atoms with Crippen molar-refractivity contribution in [1.29, 1.82) is 0 Å². The van der Waals surface area contributed by atoms with Crippen molar-refractivity contribution in [1.82, 2.24) is 48.5 Å². The van der Waals surface area contributed by atoms with Crippen LogP contribution in [0, 0.1) is 51.0 Å². The Hall–Kier alpha value is -6.97. The summed E-state index contributed by atoms with van der Waals surface area (Å²) in [7, 11) is 6.45. The average molecular weight is 1100 g/mol. The highest BCUT2D eigenvalue weighted by atomic mass is 127. The fraction of sp³-hybridized carbons (Fsp3) is 0.273. The Morgan fingerprint density at radius 2 is 1.17 bits per heavy atom. The molecule has 0 spiro atoms. The number of nitrogens with zero attached hydrogens (tertiary/aromatic N) is 10. The Morgan fingerprint density at radius 1 is 0.739 bits per heavy atom. The highest BCUT2D eigenvalue weighted by Crippen LogP contribution is 2.31. The van der Waals surface area contributed by atoms with E-state index in [9.17, 15) is 36.7 Å². The van der Waals surface area contributed by atoms with Gasteiger partial charge in [0.2, 0.25) is 11.8 Å². The van der Waals surface area contributed by atoms with E-state index in [4.69, 9.17) is 17.9 Å². The second-order valence-electron chi connectivity index (χ2n) is 15.0. The van der Waals surface area contributed by atoms with Crippen molar-refractivity contribution in [2.24, 2.45) is 25.6 Å². The molecule has 25 heteroatoms. The van der Waals surface area contributed by atoms with Crippen molar-refractivity contribution >= 4 is 107 Å². The van der Waals surface area contributed by atoms with E-state index >= 15 is 0 Å². The first-order chi connectivity index (χ1) is 31.9. The Kier molecular flexibility index (Phi) is 18.1. The van der Waals surface area contributed by atoms with Crippen LogP contribution in [0.5, 0.6) is 0 Å². The van der Waals surface area contributed by atoms with Gasteiger partial charge in [-0.15, -0.1) is 6.42 Å². The van der Waals surface area contributed by atoms with Gasteiger partial charge in [0.25, 0.3) is 11.8 Å². The fourth-order valence-electron chi connectivity index (χ4n) is 7.75. The van der Waals surface area contributed by atoms with Gasteiger partial charge >= 0.3 is 0 Å². The van der Waals surface area contributed by atoms with Gasteiger partial charge in [0.05, 0.1) is 44.9 Å². The van der Waals surface area contributed by atoms with Gasteiger partial charge in [-0.3, -0.25) is 19.2 Å². The van der Waals surface area contributed by atoms with Gasteiger partial charge in [0.1, 0.15) is 39.5 Å². The number of halogens is 5. The SMILES string of the molecule is C#Cc1nn([C@H]2CCN(C(=O)C=C)C2)c(NC)c1C(N)=O.C=CC(=O)N1CC[C@H](n2nc(C#Cc3cc4ncn(C)c4c(F)c3F)c(C(N)=O)c2NC)C1.Cn1cnc2cc(I)c(F)c(F)c21.S.S. The summed E-state index contributed by atoms with van der Waals surface area (Å²) in [6.45, 7) is 8.93. The van der Waals surface area contributed by atoms with E-state index in [2.05, 4.69) is 61.7 Å². The Bertz CT molecular complexity index is 3110. The monoisotopic (exact) mass is 1100 g/mol. The number of nitrogens with one attached hydrogen (secondary N) is 2. The lowest BCUT2D eigenvalue weighted by molar-refractivity contribution is -0.125. The number of aromatic nitrogens is 8. The van der Waals surface area contributed by atoms with E-state index in [1.54, 1.807) is 69.9 Å². The second-order valence-corrected chi connectivity index (χ2v) is 16.2. The molecule has 364 valence electrons. The van der Waals surface area contributed by atoms with E-state index in [0.29, 0.717) is 49.8 Å².